The van der Waals surface area contributed by atoms with Crippen LogP contribution in [-0.4, -0.2) is 21.4 Å². The summed E-state index contributed by atoms with van der Waals surface area (Å²) < 4.78 is 2.12. The number of amides is 2. The van der Waals surface area contributed by atoms with Gasteiger partial charge in [0.05, 0.1) is 5.92 Å². The van der Waals surface area contributed by atoms with Crippen LogP contribution >= 0.6 is 0 Å². The molecular weight excluding hydrogens is 328 g/mol. The van der Waals surface area contributed by atoms with Crippen LogP contribution in [0.1, 0.15) is 56.5 Å². The van der Waals surface area contributed by atoms with Crippen LogP contribution in [0.15, 0.2) is 24.5 Å². The second-order valence-electron chi connectivity index (χ2n) is 7.18. The minimum Gasteiger partial charge on any atom is -0.334 e. The number of imidazole rings is 1. The van der Waals surface area contributed by atoms with Gasteiger partial charge in [-0.2, -0.15) is 0 Å². The van der Waals surface area contributed by atoms with E-state index in [0.29, 0.717) is 6.42 Å². The molecule has 0 fully saturated rings. The Labute approximate surface area is 154 Å². The summed E-state index contributed by atoms with van der Waals surface area (Å²) in [6.45, 7) is 8.69. The first-order valence-electron chi connectivity index (χ1n) is 9.17. The van der Waals surface area contributed by atoms with Crippen molar-refractivity contribution in [2.45, 2.75) is 53.0 Å². The predicted octanol–water partition coefficient (Wildman–Crippen LogP) is 3.67. The van der Waals surface area contributed by atoms with E-state index in [1.165, 1.54) is 0 Å². The maximum absolute atomic E-state index is 12.3. The number of benzene rings is 1. The molecule has 1 aromatic heterocycles. The molecule has 2 amide bonds. The fourth-order valence-corrected chi connectivity index (χ4v) is 3.33. The first-order valence-corrected chi connectivity index (χ1v) is 9.17. The molecule has 6 nitrogen and oxygen atoms in total. The van der Waals surface area contributed by atoms with Gasteiger partial charge in [-0.3, -0.25) is 9.59 Å². The molecule has 2 heterocycles. The van der Waals surface area contributed by atoms with E-state index >= 15 is 0 Å². The van der Waals surface area contributed by atoms with Gasteiger partial charge in [0.2, 0.25) is 11.8 Å². The highest BCUT2D eigenvalue weighted by atomic mass is 16.2. The lowest BCUT2D eigenvalue weighted by Crippen LogP contribution is -2.26. The number of nitrogens with one attached hydrogen (secondary N) is 2. The molecule has 26 heavy (non-hydrogen) atoms. The summed E-state index contributed by atoms with van der Waals surface area (Å²) in [5, 5.41) is 5.89. The van der Waals surface area contributed by atoms with Gasteiger partial charge in [-0.15, -0.1) is 0 Å². The zero-order valence-electron chi connectivity index (χ0n) is 15.8. The van der Waals surface area contributed by atoms with Crippen LogP contribution in [0.5, 0.6) is 0 Å². The molecule has 2 N–H and O–H groups in total. The Bertz CT molecular complexity index is 838. The minimum absolute atomic E-state index is 0.0291. The van der Waals surface area contributed by atoms with Crippen molar-refractivity contribution in [1.29, 1.82) is 0 Å². The Hall–Kier alpha value is -2.63. The highest BCUT2D eigenvalue weighted by Crippen LogP contribution is 2.39. The molecule has 1 unspecified atom stereocenters. The third-order valence-electron chi connectivity index (χ3n) is 4.74. The Morgan fingerprint density at radius 3 is 2.88 bits per heavy atom. The summed E-state index contributed by atoms with van der Waals surface area (Å²) in [6, 6.07) is 3.92. The van der Waals surface area contributed by atoms with Gasteiger partial charge in [-0.1, -0.05) is 26.8 Å². The lowest BCUT2D eigenvalue weighted by molar-refractivity contribution is -0.119. The highest BCUT2D eigenvalue weighted by molar-refractivity contribution is 5.98. The molecule has 0 aliphatic carbocycles. The lowest BCUT2D eigenvalue weighted by atomic mass is 9.88. The molecule has 1 aromatic carbocycles. The number of hydrogen-bond acceptors (Lipinski definition) is 3. The zero-order chi connectivity index (χ0) is 18.8. The largest absolute Gasteiger partial charge is 0.334 e. The average molecular weight is 354 g/mol. The number of aryl methyl sites for hydroxylation is 2. The first-order chi connectivity index (χ1) is 12.4. The first kappa shape index (κ1) is 18.2. The zero-order valence-corrected chi connectivity index (χ0v) is 15.8. The number of aromatic nitrogens is 2. The number of carbonyl (C=O) groups excluding carboxylic acids is 2. The van der Waals surface area contributed by atoms with Gasteiger partial charge in [-0.25, -0.2) is 4.98 Å². The fourth-order valence-electron chi connectivity index (χ4n) is 3.33. The van der Waals surface area contributed by atoms with Crippen molar-refractivity contribution in [3.63, 3.8) is 0 Å². The van der Waals surface area contributed by atoms with E-state index in [0.717, 1.165) is 41.3 Å². The normalized spacial score (nSPS) is 16.3. The van der Waals surface area contributed by atoms with Crippen LogP contribution in [-0.2, 0) is 16.1 Å². The summed E-state index contributed by atoms with van der Waals surface area (Å²) in [7, 11) is 0. The van der Waals surface area contributed by atoms with E-state index in [1.54, 1.807) is 6.20 Å². The van der Waals surface area contributed by atoms with E-state index in [4.69, 9.17) is 0 Å². The molecule has 2 aromatic rings. The van der Waals surface area contributed by atoms with E-state index in [9.17, 15) is 9.59 Å². The van der Waals surface area contributed by atoms with Gasteiger partial charge in [0, 0.05) is 42.7 Å². The maximum atomic E-state index is 12.3. The maximum Gasteiger partial charge on any atom is 0.226 e. The fraction of sp³-hybridized carbons (Fsp3) is 0.450. The van der Waals surface area contributed by atoms with E-state index < -0.39 is 0 Å². The summed E-state index contributed by atoms with van der Waals surface area (Å²) >= 11 is 0. The number of nitrogens with zero attached hydrogens (tertiary/aromatic N) is 2. The molecule has 1 aliphatic rings. The van der Waals surface area contributed by atoms with Crippen molar-refractivity contribution < 1.29 is 9.59 Å². The topological polar surface area (TPSA) is 76.0 Å². The molecule has 6 heteroatoms. The Morgan fingerprint density at radius 2 is 2.19 bits per heavy atom. The number of rotatable bonds is 5. The third-order valence-corrected chi connectivity index (χ3v) is 4.74. The Balaban J connectivity index is 2.01. The molecule has 0 saturated carbocycles. The quantitative estimate of drug-likeness (QED) is 0.860. The van der Waals surface area contributed by atoms with Crippen LogP contribution in [0.3, 0.4) is 0 Å². The van der Waals surface area contributed by atoms with Gasteiger partial charge in [0.15, 0.2) is 0 Å². The summed E-state index contributed by atoms with van der Waals surface area (Å²) in [5.74, 6) is 0.674. The van der Waals surface area contributed by atoms with E-state index in [1.807, 2.05) is 33.0 Å². The predicted molar refractivity (Wildman–Crippen MR) is 102 cm³/mol. The van der Waals surface area contributed by atoms with Gasteiger partial charge in [0.25, 0.3) is 0 Å². The smallest absolute Gasteiger partial charge is 0.226 e. The monoisotopic (exact) mass is 354 g/mol. The van der Waals surface area contributed by atoms with Crippen LogP contribution < -0.4 is 10.6 Å². The van der Waals surface area contributed by atoms with E-state index in [2.05, 4.69) is 33.2 Å². The van der Waals surface area contributed by atoms with Crippen LogP contribution in [0.2, 0.25) is 0 Å². The molecule has 0 saturated heterocycles. The SMILES string of the molecule is CCCn1ccnc1C1CC(=O)Nc2cc(NC(=O)C(C)C)c(C)cc21. The lowest BCUT2D eigenvalue weighted by Gasteiger charge is -2.27. The van der Waals surface area contributed by atoms with Crippen molar-refractivity contribution >= 4 is 23.2 Å². The number of fused-ring (bicyclic) bond motifs is 1. The van der Waals surface area contributed by atoms with Crippen molar-refractivity contribution in [3.8, 4) is 0 Å². The van der Waals surface area contributed by atoms with Gasteiger partial charge < -0.3 is 15.2 Å². The van der Waals surface area contributed by atoms with Crippen molar-refractivity contribution in [2.75, 3.05) is 10.6 Å². The molecular formula is C20H26N4O2. The second kappa shape index (κ2) is 7.32. The number of anilines is 2. The second-order valence-corrected chi connectivity index (χ2v) is 7.18. The van der Waals surface area contributed by atoms with Crippen LogP contribution in [0, 0.1) is 12.8 Å². The van der Waals surface area contributed by atoms with Crippen molar-refractivity contribution in [3.05, 3.63) is 41.5 Å². The molecule has 3 rings (SSSR count). The summed E-state index contributed by atoms with van der Waals surface area (Å²) in [5.41, 5.74) is 3.52. The van der Waals surface area contributed by atoms with E-state index in [-0.39, 0.29) is 23.7 Å². The standard InChI is InChI=1S/C20H26N4O2/c1-5-7-24-8-6-21-19(24)15-10-18(25)22-17-11-16(13(4)9-14(15)17)23-20(26)12(2)3/h6,8-9,11-12,15H,5,7,10H2,1-4H3,(H,22,25)(H,23,26). The number of hydrogen-bond donors (Lipinski definition) is 2. The van der Waals surface area contributed by atoms with Crippen LogP contribution in [0.25, 0.3) is 0 Å². The third kappa shape index (κ3) is 3.49. The summed E-state index contributed by atoms with van der Waals surface area (Å²) in [6.07, 6.45) is 5.15. The Kier molecular flexibility index (Phi) is 5.11. The minimum atomic E-state index is -0.103. The number of carbonyl (C=O) groups is 2. The molecule has 0 bridgehead atoms. The van der Waals surface area contributed by atoms with Crippen LogP contribution in [0.4, 0.5) is 11.4 Å². The molecule has 1 aliphatic heterocycles. The van der Waals surface area contributed by atoms with Gasteiger partial charge in [0.1, 0.15) is 5.82 Å². The molecule has 0 spiro atoms. The van der Waals surface area contributed by atoms with Gasteiger partial charge in [-0.05, 0) is 30.5 Å². The highest BCUT2D eigenvalue weighted by Gasteiger charge is 2.30. The molecule has 0 radical (unpaired) electrons. The van der Waals surface area contributed by atoms with Gasteiger partial charge >= 0.3 is 0 Å². The van der Waals surface area contributed by atoms with Crippen molar-refractivity contribution in [1.82, 2.24) is 9.55 Å². The Morgan fingerprint density at radius 1 is 1.42 bits per heavy atom. The molecule has 138 valence electrons. The molecule has 1 atom stereocenters. The van der Waals surface area contributed by atoms with Crippen molar-refractivity contribution in [2.24, 2.45) is 5.92 Å². The summed E-state index contributed by atoms with van der Waals surface area (Å²) in [4.78, 5) is 28.9. The average Bonchev–Trinajstić information content (AvgIpc) is 3.03.